The van der Waals surface area contributed by atoms with Crippen LogP contribution < -0.4 is 5.32 Å². The van der Waals surface area contributed by atoms with Gasteiger partial charge in [-0.25, -0.2) is 0 Å². The summed E-state index contributed by atoms with van der Waals surface area (Å²) in [5.41, 5.74) is 0.200. The topological polar surface area (TPSA) is 24.5 Å². The van der Waals surface area contributed by atoms with Crippen LogP contribution in [0, 0.1) is 0 Å². The molecule has 1 aliphatic heterocycles. The molecule has 3 heteroatoms. The van der Waals surface area contributed by atoms with Gasteiger partial charge in [0.2, 0.25) is 0 Å². The lowest BCUT2D eigenvalue weighted by atomic mass is 10.0. The van der Waals surface area contributed by atoms with Crippen LogP contribution in [-0.4, -0.2) is 49.8 Å². The Morgan fingerprint density at radius 3 is 2.77 bits per heavy atom. The number of rotatable bonds is 3. The van der Waals surface area contributed by atoms with E-state index >= 15 is 0 Å². The summed E-state index contributed by atoms with van der Waals surface area (Å²) in [5.74, 6) is 0. The first-order valence-corrected chi connectivity index (χ1v) is 5.06. The molecule has 0 radical (unpaired) electrons. The van der Waals surface area contributed by atoms with Crippen LogP contribution in [0.25, 0.3) is 0 Å². The minimum Gasteiger partial charge on any atom is -0.379 e. The minimum absolute atomic E-state index is 0.200. The molecule has 13 heavy (non-hydrogen) atoms. The molecule has 1 N–H and O–H groups in total. The Labute approximate surface area is 81.4 Å². The zero-order chi connectivity index (χ0) is 9.90. The number of hydrogen-bond acceptors (Lipinski definition) is 3. The van der Waals surface area contributed by atoms with E-state index in [1.165, 1.54) is 0 Å². The van der Waals surface area contributed by atoms with E-state index in [1.54, 1.807) is 0 Å². The van der Waals surface area contributed by atoms with Crippen LogP contribution in [0.15, 0.2) is 0 Å². The lowest BCUT2D eigenvalue weighted by Gasteiger charge is -2.38. The van der Waals surface area contributed by atoms with Crippen LogP contribution >= 0.6 is 0 Å². The molecular formula is C10H22N2O. The number of morpholine rings is 1. The Bertz CT molecular complexity index is 159. The molecule has 1 aliphatic rings. The Kier molecular flexibility index (Phi) is 3.71. The van der Waals surface area contributed by atoms with Crippen LogP contribution in [0.4, 0.5) is 0 Å². The Morgan fingerprint density at radius 1 is 1.54 bits per heavy atom. The van der Waals surface area contributed by atoms with Gasteiger partial charge in [0.05, 0.1) is 13.2 Å². The molecule has 0 bridgehead atoms. The van der Waals surface area contributed by atoms with Gasteiger partial charge >= 0.3 is 0 Å². The van der Waals surface area contributed by atoms with Crippen LogP contribution in [0.3, 0.4) is 0 Å². The summed E-state index contributed by atoms with van der Waals surface area (Å²) in [5, 5.41) is 3.33. The van der Waals surface area contributed by atoms with Gasteiger partial charge < -0.3 is 10.1 Å². The molecule has 78 valence electrons. The van der Waals surface area contributed by atoms with Crippen molar-refractivity contribution in [1.82, 2.24) is 10.2 Å². The highest BCUT2D eigenvalue weighted by Crippen LogP contribution is 2.11. The molecule has 3 nitrogen and oxygen atoms in total. The number of hydrogen-bond donors (Lipinski definition) is 1. The Morgan fingerprint density at radius 2 is 2.23 bits per heavy atom. The van der Waals surface area contributed by atoms with Crippen molar-refractivity contribution in [2.45, 2.75) is 32.4 Å². The second-order valence-corrected chi connectivity index (χ2v) is 4.53. The van der Waals surface area contributed by atoms with Crippen LogP contribution in [0.2, 0.25) is 0 Å². The molecule has 0 spiro atoms. The molecule has 1 atom stereocenters. The molecule has 0 aromatic rings. The van der Waals surface area contributed by atoms with Gasteiger partial charge in [-0.2, -0.15) is 0 Å². The van der Waals surface area contributed by atoms with Gasteiger partial charge in [-0.1, -0.05) is 0 Å². The Balaban J connectivity index is 2.42. The SMILES string of the molecule is CNC(C)(C)CN1CCOCC1C. The molecule has 1 saturated heterocycles. The van der Waals surface area contributed by atoms with E-state index in [0.29, 0.717) is 6.04 Å². The fraction of sp³-hybridized carbons (Fsp3) is 1.00. The van der Waals surface area contributed by atoms with Crippen molar-refractivity contribution in [3.63, 3.8) is 0 Å². The first kappa shape index (κ1) is 11.0. The van der Waals surface area contributed by atoms with Crippen molar-refractivity contribution >= 4 is 0 Å². The fourth-order valence-corrected chi connectivity index (χ4v) is 1.58. The maximum atomic E-state index is 5.40. The number of nitrogens with zero attached hydrogens (tertiary/aromatic N) is 1. The van der Waals surface area contributed by atoms with Crippen LogP contribution in [0.1, 0.15) is 20.8 Å². The molecule has 0 saturated carbocycles. The van der Waals surface area contributed by atoms with E-state index in [0.717, 1.165) is 26.3 Å². The van der Waals surface area contributed by atoms with Gasteiger partial charge in [0.15, 0.2) is 0 Å². The van der Waals surface area contributed by atoms with Gasteiger partial charge in [-0.05, 0) is 27.8 Å². The van der Waals surface area contributed by atoms with Crippen molar-refractivity contribution in [3.05, 3.63) is 0 Å². The number of nitrogens with one attached hydrogen (secondary N) is 1. The average Bonchev–Trinajstić information content (AvgIpc) is 2.09. The summed E-state index contributed by atoms with van der Waals surface area (Å²) in [4.78, 5) is 2.49. The molecule has 0 aliphatic carbocycles. The summed E-state index contributed by atoms with van der Waals surface area (Å²) in [7, 11) is 2.02. The van der Waals surface area contributed by atoms with E-state index in [-0.39, 0.29) is 5.54 Å². The maximum Gasteiger partial charge on any atom is 0.0619 e. The molecule has 1 rings (SSSR count). The quantitative estimate of drug-likeness (QED) is 0.702. The monoisotopic (exact) mass is 186 g/mol. The van der Waals surface area contributed by atoms with Gasteiger partial charge in [-0.3, -0.25) is 4.90 Å². The standard InChI is InChI=1S/C10H22N2O/c1-9-7-13-6-5-12(9)8-10(2,3)11-4/h9,11H,5-8H2,1-4H3. The summed E-state index contributed by atoms with van der Waals surface area (Å²) in [6.45, 7) is 10.6. The van der Waals surface area contributed by atoms with E-state index in [2.05, 4.69) is 31.0 Å². The molecular weight excluding hydrogens is 164 g/mol. The maximum absolute atomic E-state index is 5.40. The lowest BCUT2D eigenvalue weighted by molar-refractivity contribution is -0.00982. The third-order valence-corrected chi connectivity index (χ3v) is 2.78. The van der Waals surface area contributed by atoms with Crippen LogP contribution in [-0.2, 0) is 4.74 Å². The van der Waals surface area contributed by atoms with Crippen molar-refractivity contribution in [2.24, 2.45) is 0 Å². The molecule has 1 fully saturated rings. The van der Waals surface area contributed by atoms with E-state index in [9.17, 15) is 0 Å². The first-order valence-electron chi connectivity index (χ1n) is 5.06. The highest BCUT2D eigenvalue weighted by Gasteiger charge is 2.25. The van der Waals surface area contributed by atoms with Gasteiger partial charge in [-0.15, -0.1) is 0 Å². The smallest absolute Gasteiger partial charge is 0.0619 e. The van der Waals surface area contributed by atoms with Crippen LogP contribution in [0.5, 0.6) is 0 Å². The van der Waals surface area contributed by atoms with Crippen molar-refractivity contribution in [2.75, 3.05) is 33.4 Å². The summed E-state index contributed by atoms with van der Waals surface area (Å²) in [6.07, 6.45) is 0. The van der Waals surface area contributed by atoms with E-state index in [1.807, 2.05) is 7.05 Å². The fourth-order valence-electron chi connectivity index (χ4n) is 1.58. The first-order chi connectivity index (χ1) is 6.05. The molecule has 0 aromatic heterocycles. The highest BCUT2D eigenvalue weighted by atomic mass is 16.5. The van der Waals surface area contributed by atoms with E-state index < -0.39 is 0 Å². The van der Waals surface area contributed by atoms with Gasteiger partial charge in [0.25, 0.3) is 0 Å². The molecule has 1 unspecified atom stereocenters. The predicted octanol–water partition coefficient (Wildman–Crippen LogP) is 0.705. The molecule has 0 amide bonds. The third kappa shape index (κ3) is 3.25. The van der Waals surface area contributed by atoms with E-state index in [4.69, 9.17) is 4.74 Å². The van der Waals surface area contributed by atoms with Crippen molar-refractivity contribution in [3.8, 4) is 0 Å². The summed E-state index contributed by atoms with van der Waals surface area (Å²) >= 11 is 0. The second kappa shape index (κ2) is 4.40. The Hall–Kier alpha value is -0.120. The number of ether oxygens (including phenoxy) is 1. The largest absolute Gasteiger partial charge is 0.379 e. The second-order valence-electron chi connectivity index (χ2n) is 4.53. The normalized spacial score (nSPS) is 26.3. The predicted molar refractivity (Wildman–Crippen MR) is 55.0 cm³/mol. The zero-order valence-electron chi connectivity index (χ0n) is 9.26. The third-order valence-electron chi connectivity index (χ3n) is 2.78. The lowest BCUT2D eigenvalue weighted by Crippen LogP contribution is -2.53. The zero-order valence-corrected chi connectivity index (χ0v) is 9.26. The number of likely N-dealkylation sites (N-methyl/N-ethyl adjacent to an activating group) is 1. The average molecular weight is 186 g/mol. The molecule has 0 aromatic carbocycles. The van der Waals surface area contributed by atoms with Crippen molar-refractivity contribution < 1.29 is 4.74 Å². The summed E-state index contributed by atoms with van der Waals surface area (Å²) in [6, 6.07) is 0.557. The van der Waals surface area contributed by atoms with Gasteiger partial charge in [0.1, 0.15) is 0 Å². The minimum atomic E-state index is 0.200. The van der Waals surface area contributed by atoms with Gasteiger partial charge in [0, 0.05) is 24.7 Å². The van der Waals surface area contributed by atoms with Crippen molar-refractivity contribution in [1.29, 1.82) is 0 Å². The highest BCUT2D eigenvalue weighted by molar-refractivity contribution is 4.83. The summed E-state index contributed by atoms with van der Waals surface area (Å²) < 4.78 is 5.40. The molecule has 1 heterocycles.